The van der Waals surface area contributed by atoms with Crippen LogP contribution in [0.3, 0.4) is 0 Å². The Morgan fingerprint density at radius 3 is 0.667 bits per heavy atom. The van der Waals surface area contributed by atoms with Crippen molar-refractivity contribution in [2.75, 3.05) is 0 Å². The van der Waals surface area contributed by atoms with E-state index in [4.69, 9.17) is 53.5 Å². The summed E-state index contributed by atoms with van der Waals surface area (Å²) in [6, 6.07) is 0. The molecule has 0 aromatic carbocycles. The third kappa shape index (κ3) is 812. The molecule has 0 aromatic heterocycles. The fourth-order valence-electron chi connectivity index (χ4n) is 0. The summed E-state index contributed by atoms with van der Waals surface area (Å²) in [5.74, 6) is 0. The molecule has 14 N–H and O–H groups in total. The molecular weight excluding hydrogens is 356 g/mol. The van der Waals surface area contributed by atoms with Gasteiger partial charge in [-0.2, -0.15) is 0 Å². The average molecular weight is 372 g/mol. The third-order valence-electron chi connectivity index (χ3n) is 0. The average Bonchev–Trinajstić information content (AvgIpc) is 1.45. The van der Waals surface area contributed by atoms with Gasteiger partial charge in [0.05, 0.1) is 0 Å². The van der Waals surface area contributed by atoms with Gasteiger partial charge >= 0.3 is 125 Å². The zero-order chi connectivity index (χ0) is 12.6. The Balaban J connectivity index is -0.0000000183. The summed E-state index contributed by atoms with van der Waals surface area (Å²) in [6.07, 6.45) is -1.83. The Kier molecular flexibility index (Phi) is 52.2. The van der Waals surface area contributed by atoms with Gasteiger partial charge in [-0.25, -0.2) is 13.9 Å². The van der Waals surface area contributed by atoms with Crippen LogP contribution in [-0.4, -0.2) is 148 Å². The summed E-state index contributed by atoms with van der Waals surface area (Å²) in [5.41, 5.74) is 0. The Morgan fingerprint density at radius 1 is 0.667 bits per heavy atom. The Morgan fingerprint density at radius 2 is 0.667 bits per heavy atom. The van der Waals surface area contributed by atoms with Crippen LogP contribution >= 0.6 is 15.6 Å². The monoisotopic (exact) mass is 372 g/mol. The standard InChI is InChI=1S/CH2O3.2K.2H3N.2H3O4P.2H/c2-1(3)4;;;;;2*1-5(2,3)4;;/h(H2,2,3,4);;;2*1H3;2*(H3,1,2,3,4);;. The van der Waals surface area contributed by atoms with Gasteiger partial charge in [0.2, 0.25) is 0 Å². The SMILES string of the molecule is N.N.O=C(O)O.O=P(O)(O)O.O=P(O)(O)O.[KH].[KH]. The number of hydrogen-bond acceptors (Lipinski definition) is 5. The fraction of sp³-hybridized carbons (Fsp3) is 0. The second-order valence-electron chi connectivity index (χ2n) is 1.31. The first-order valence-electron chi connectivity index (χ1n) is 2.22. The summed E-state index contributed by atoms with van der Waals surface area (Å²) >= 11 is 0. The minimum absolute atomic E-state index is 0. The van der Waals surface area contributed by atoms with Gasteiger partial charge in [0.25, 0.3) is 0 Å². The zero-order valence-corrected chi connectivity index (χ0v) is 9.40. The van der Waals surface area contributed by atoms with E-state index in [9.17, 15) is 0 Å². The van der Waals surface area contributed by atoms with Gasteiger partial charge in [0.1, 0.15) is 0 Å². The second-order valence-corrected chi connectivity index (χ2v) is 3.36. The summed E-state index contributed by atoms with van der Waals surface area (Å²) in [4.78, 5) is 51.7. The van der Waals surface area contributed by atoms with Crippen LogP contribution in [0.25, 0.3) is 0 Å². The van der Waals surface area contributed by atoms with Gasteiger partial charge in [-0.1, -0.05) is 0 Å². The van der Waals surface area contributed by atoms with Crippen molar-refractivity contribution in [2.24, 2.45) is 0 Å². The first kappa shape index (κ1) is 42.8. The zero-order valence-electron chi connectivity index (χ0n) is 7.61. The second kappa shape index (κ2) is 22.0. The van der Waals surface area contributed by atoms with Crippen molar-refractivity contribution in [1.82, 2.24) is 12.3 Å². The quantitative estimate of drug-likeness (QED) is 0.154. The van der Waals surface area contributed by atoms with Crippen molar-refractivity contribution in [1.29, 1.82) is 0 Å². The maximum absolute atomic E-state index is 8.88. The molecule has 0 bridgehead atoms. The first-order valence-corrected chi connectivity index (χ1v) is 5.35. The predicted octanol–water partition coefficient (Wildman–Crippen LogP) is -2.61. The van der Waals surface area contributed by atoms with E-state index in [0.29, 0.717) is 0 Å². The van der Waals surface area contributed by atoms with E-state index in [1.807, 2.05) is 0 Å². The fourth-order valence-corrected chi connectivity index (χ4v) is 0. The van der Waals surface area contributed by atoms with Gasteiger partial charge in [0, 0.05) is 0 Å². The molecule has 108 valence electrons. The van der Waals surface area contributed by atoms with E-state index < -0.39 is 21.8 Å². The third-order valence-corrected chi connectivity index (χ3v) is 0. The molecule has 17 heteroatoms. The van der Waals surface area contributed by atoms with E-state index in [2.05, 4.69) is 0 Å². The van der Waals surface area contributed by atoms with Crippen LogP contribution in [0.5, 0.6) is 0 Å². The van der Waals surface area contributed by atoms with Crippen LogP contribution < -0.4 is 12.3 Å². The number of carbonyl (C=O) groups is 1. The maximum atomic E-state index is 8.88. The van der Waals surface area contributed by atoms with Gasteiger partial charge < -0.3 is 51.9 Å². The normalized spacial score (nSPS) is 7.89. The van der Waals surface area contributed by atoms with Crippen molar-refractivity contribution in [3.8, 4) is 0 Å². The van der Waals surface area contributed by atoms with Crippen LogP contribution in [0.15, 0.2) is 0 Å². The van der Waals surface area contributed by atoms with Crippen LogP contribution in [-0.2, 0) is 9.13 Å². The van der Waals surface area contributed by atoms with Crippen molar-refractivity contribution in [2.45, 2.75) is 0 Å². The van der Waals surface area contributed by atoms with Crippen LogP contribution in [0, 0.1) is 0 Å². The molecule has 0 aliphatic rings. The van der Waals surface area contributed by atoms with E-state index in [1.165, 1.54) is 0 Å². The Hall–Kier alpha value is 2.68. The molecule has 0 heterocycles. The molecule has 0 radical (unpaired) electrons. The molecule has 18 heavy (non-hydrogen) atoms. The van der Waals surface area contributed by atoms with Crippen LogP contribution in [0.2, 0.25) is 0 Å². The number of rotatable bonds is 0. The van der Waals surface area contributed by atoms with E-state index in [1.54, 1.807) is 0 Å². The molecule has 0 saturated heterocycles. The van der Waals surface area contributed by atoms with Crippen LogP contribution in [0.1, 0.15) is 0 Å². The molecule has 13 nitrogen and oxygen atoms in total. The van der Waals surface area contributed by atoms with E-state index >= 15 is 0 Å². The van der Waals surface area contributed by atoms with Gasteiger partial charge in [-0.15, -0.1) is 0 Å². The number of phosphoric acid groups is 2. The van der Waals surface area contributed by atoms with E-state index in [0.717, 1.165) is 0 Å². The minimum atomic E-state index is -4.64. The first-order chi connectivity index (χ1) is 5.73. The Labute approximate surface area is 186 Å². The van der Waals surface area contributed by atoms with Crippen molar-refractivity contribution in [3.63, 3.8) is 0 Å². The van der Waals surface area contributed by atoms with Gasteiger partial charge in [0.15, 0.2) is 0 Å². The molecule has 0 spiro atoms. The van der Waals surface area contributed by atoms with E-state index in [-0.39, 0.29) is 115 Å². The molecule has 0 amide bonds. The summed E-state index contributed by atoms with van der Waals surface area (Å²) in [6.45, 7) is 0. The summed E-state index contributed by atoms with van der Waals surface area (Å²) < 4.78 is 17.8. The molecule has 0 aliphatic heterocycles. The molecular formula is CH16K2N2O11P2. The van der Waals surface area contributed by atoms with Gasteiger partial charge in [-0.3, -0.25) is 0 Å². The summed E-state index contributed by atoms with van der Waals surface area (Å²) in [7, 11) is -9.28. The number of hydrogen-bond donors (Lipinski definition) is 10. The molecule has 0 unspecified atom stereocenters. The topological polar surface area (TPSA) is 283 Å². The predicted molar refractivity (Wildman–Crippen MR) is 63.5 cm³/mol. The summed E-state index contributed by atoms with van der Waals surface area (Å²) in [5, 5.41) is 13.9. The Bertz CT molecular complexity index is 207. The molecule has 0 aliphatic carbocycles. The number of carboxylic acid groups (broad SMARTS) is 2. The van der Waals surface area contributed by atoms with Gasteiger partial charge in [-0.05, 0) is 0 Å². The van der Waals surface area contributed by atoms with Crippen molar-refractivity contribution >= 4 is 125 Å². The molecule has 0 saturated carbocycles. The molecule has 0 aromatic rings. The van der Waals surface area contributed by atoms with Crippen LogP contribution in [0.4, 0.5) is 4.79 Å². The molecule has 0 atom stereocenters. The van der Waals surface area contributed by atoms with Crippen molar-refractivity contribution < 1.29 is 53.5 Å². The van der Waals surface area contributed by atoms with Crippen molar-refractivity contribution in [3.05, 3.63) is 0 Å². The molecule has 0 rings (SSSR count). The molecule has 0 fully saturated rings.